The number of benzene rings is 1. The summed E-state index contributed by atoms with van der Waals surface area (Å²) in [6, 6.07) is 4.10. The van der Waals surface area contributed by atoms with E-state index in [1.165, 1.54) is 17.0 Å². The monoisotopic (exact) mass is 432 g/mol. The van der Waals surface area contributed by atoms with Crippen molar-refractivity contribution in [2.45, 2.75) is 40.2 Å². The van der Waals surface area contributed by atoms with Crippen LogP contribution in [0.3, 0.4) is 0 Å². The average molecular weight is 432 g/mol. The molecular weight excluding hydrogens is 407 g/mol. The van der Waals surface area contributed by atoms with E-state index >= 15 is 0 Å². The highest BCUT2D eigenvalue weighted by Crippen LogP contribution is 2.19. The highest BCUT2D eigenvalue weighted by molar-refractivity contribution is 5.92. The van der Waals surface area contributed by atoms with Crippen molar-refractivity contribution < 1.29 is 18.7 Å². The predicted octanol–water partition coefficient (Wildman–Crippen LogP) is 1.28. The fourth-order valence-electron chi connectivity index (χ4n) is 3.57. The zero-order chi connectivity index (χ0) is 22.7. The van der Waals surface area contributed by atoms with Crippen LogP contribution in [0.5, 0.6) is 0 Å². The van der Waals surface area contributed by atoms with E-state index in [2.05, 4.69) is 5.10 Å². The van der Waals surface area contributed by atoms with Crippen molar-refractivity contribution in [2.75, 3.05) is 19.7 Å². The normalized spacial score (nSPS) is 16.3. The predicted molar refractivity (Wildman–Crippen MR) is 110 cm³/mol. The Bertz CT molecular complexity index is 1120. The van der Waals surface area contributed by atoms with Crippen LogP contribution in [0.2, 0.25) is 0 Å². The summed E-state index contributed by atoms with van der Waals surface area (Å²) in [6.45, 7) is 5.58. The first-order valence-electron chi connectivity index (χ1n) is 10.2. The third kappa shape index (κ3) is 4.42. The van der Waals surface area contributed by atoms with Gasteiger partial charge >= 0.3 is 11.7 Å². The lowest BCUT2D eigenvalue weighted by Gasteiger charge is -2.31. The maximum absolute atomic E-state index is 14.1. The van der Waals surface area contributed by atoms with Gasteiger partial charge in [0.2, 0.25) is 5.69 Å². The fourth-order valence-corrected chi connectivity index (χ4v) is 3.57. The molecule has 2 aromatic rings. The van der Waals surface area contributed by atoms with Crippen LogP contribution in [-0.4, -0.2) is 50.8 Å². The van der Waals surface area contributed by atoms with Gasteiger partial charge in [0.25, 0.3) is 11.5 Å². The van der Waals surface area contributed by atoms with Crippen molar-refractivity contribution in [3.05, 3.63) is 56.1 Å². The van der Waals surface area contributed by atoms with E-state index in [0.29, 0.717) is 24.9 Å². The fraction of sp³-hybridized carbons (Fsp3) is 0.476. The Hall–Kier alpha value is -3.30. The van der Waals surface area contributed by atoms with Crippen LogP contribution in [0.1, 0.15) is 42.7 Å². The minimum Gasteiger partial charge on any atom is -0.466 e. The van der Waals surface area contributed by atoms with E-state index in [0.717, 1.165) is 15.3 Å². The van der Waals surface area contributed by atoms with Crippen molar-refractivity contribution >= 4 is 11.9 Å². The van der Waals surface area contributed by atoms with Crippen molar-refractivity contribution in [3.8, 4) is 5.69 Å². The highest BCUT2D eigenvalue weighted by atomic mass is 19.1. The number of aryl methyl sites for hydroxylation is 1. The van der Waals surface area contributed by atoms with Crippen LogP contribution in [0.4, 0.5) is 4.39 Å². The Morgan fingerprint density at radius 3 is 2.65 bits per heavy atom. The van der Waals surface area contributed by atoms with Crippen LogP contribution in [-0.2, 0) is 16.1 Å². The number of halogens is 1. The van der Waals surface area contributed by atoms with Crippen LogP contribution in [0, 0.1) is 18.7 Å². The first kappa shape index (κ1) is 22.4. The smallest absolute Gasteiger partial charge is 0.352 e. The van der Waals surface area contributed by atoms with E-state index in [1.54, 1.807) is 20.8 Å². The highest BCUT2D eigenvalue weighted by Gasteiger charge is 2.32. The molecule has 1 aliphatic heterocycles. The minimum atomic E-state index is -0.820. The number of carbonyl (C=O) groups excluding carboxylic acids is 2. The van der Waals surface area contributed by atoms with Crippen molar-refractivity contribution in [1.29, 1.82) is 0 Å². The number of nitrogens with zero attached hydrogens (tertiary/aromatic N) is 4. The summed E-state index contributed by atoms with van der Waals surface area (Å²) in [7, 11) is 0. The van der Waals surface area contributed by atoms with Gasteiger partial charge in [-0.25, -0.2) is 9.18 Å². The number of carbonyl (C=O) groups is 2. The van der Waals surface area contributed by atoms with Gasteiger partial charge in [-0.15, -0.1) is 0 Å². The van der Waals surface area contributed by atoms with Gasteiger partial charge in [-0.3, -0.25) is 19.0 Å². The van der Waals surface area contributed by atoms with E-state index in [9.17, 15) is 23.6 Å². The number of hydrogen-bond acceptors (Lipinski definition) is 6. The number of rotatable bonds is 5. The van der Waals surface area contributed by atoms with Gasteiger partial charge in [0.1, 0.15) is 5.82 Å². The molecule has 1 aromatic heterocycles. The lowest BCUT2D eigenvalue weighted by Crippen LogP contribution is -2.49. The summed E-state index contributed by atoms with van der Waals surface area (Å²) in [4.78, 5) is 52.1. The molecule has 1 fully saturated rings. The molecule has 1 amide bonds. The van der Waals surface area contributed by atoms with Gasteiger partial charge in [0.15, 0.2) is 0 Å². The lowest BCUT2D eigenvalue weighted by atomic mass is 9.98. The SMILES string of the molecule is CCOC(=O)C1CCCN(C(=O)c2nn(-c3ccc(C)c(F)c3)c(=O)n(CC)c2=O)C1. The lowest BCUT2D eigenvalue weighted by molar-refractivity contribution is -0.149. The summed E-state index contributed by atoms with van der Waals surface area (Å²) in [5.41, 5.74) is -1.55. The van der Waals surface area contributed by atoms with Gasteiger partial charge in [-0.2, -0.15) is 9.78 Å². The topological polar surface area (TPSA) is 104 Å². The number of aromatic nitrogens is 3. The molecule has 166 valence electrons. The maximum atomic E-state index is 14.1. The molecule has 10 heteroatoms. The number of ether oxygens (including phenoxy) is 1. The molecule has 0 saturated carbocycles. The number of likely N-dealkylation sites (tertiary alicyclic amines) is 1. The van der Waals surface area contributed by atoms with Gasteiger partial charge in [-0.05, 0) is 45.2 Å². The molecule has 0 bridgehead atoms. The van der Waals surface area contributed by atoms with Gasteiger partial charge < -0.3 is 9.64 Å². The van der Waals surface area contributed by atoms with Gasteiger partial charge in [0.05, 0.1) is 18.2 Å². The summed E-state index contributed by atoms with van der Waals surface area (Å²) in [6.07, 6.45) is 1.15. The van der Waals surface area contributed by atoms with Crippen LogP contribution in [0.25, 0.3) is 5.69 Å². The molecule has 9 nitrogen and oxygen atoms in total. The van der Waals surface area contributed by atoms with Crippen molar-refractivity contribution in [1.82, 2.24) is 19.2 Å². The van der Waals surface area contributed by atoms with Crippen LogP contribution >= 0.6 is 0 Å². The molecule has 0 aliphatic carbocycles. The van der Waals surface area contributed by atoms with E-state index in [4.69, 9.17) is 4.74 Å². The number of piperidine rings is 1. The third-order valence-corrected chi connectivity index (χ3v) is 5.31. The second kappa shape index (κ2) is 9.23. The zero-order valence-corrected chi connectivity index (χ0v) is 17.8. The molecule has 1 aromatic carbocycles. The van der Waals surface area contributed by atoms with Crippen LogP contribution in [0.15, 0.2) is 27.8 Å². The molecule has 31 heavy (non-hydrogen) atoms. The first-order valence-corrected chi connectivity index (χ1v) is 10.2. The summed E-state index contributed by atoms with van der Waals surface area (Å²) in [5.74, 6) is -2.09. The van der Waals surface area contributed by atoms with Crippen molar-refractivity contribution in [3.63, 3.8) is 0 Å². The molecule has 1 aliphatic rings. The Kier molecular flexibility index (Phi) is 6.67. The quantitative estimate of drug-likeness (QED) is 0.660. The Balaban J connectivity index is 2.03. The van der Waals surface area contributed by atoms with Crippen LogP contribution < -0.4 is 11.2 Å². The second-order valence-electron chi connectivity index (χ2n) is 7.37. The maximum Gasteiger partial charge on any atom is 0.352 e. The summed E-state index contributed by atoms with van der Waals surface area (Å²) >= 11 is 0. The largest absolute Gasteiger partial charge is 0.466 e. The molecule has 0 radical (unpaired) electrons. The summed E-state index contributed by atoms with van der Waals surface area (Å²) < 4.78 is 20.8. The number of amides is 1. The first-order chi connectivity index (χ1) is 14.8. The molecule has 1 saturated heterocycles. The molecule has 1 atom stereocenters. The summed E-state index contributed by atoms with van der Waals surface area (Å²) in [5, 5.41) is 4.00. The molecule has 1 unspecified atom stereocenters. The second-order valence-corrected chi connectivity index (χ2v) is 7.37. The van der Waals surface area contributed by atoms with Gasteiger partial charge in [0, 0.05) is 25.7 Å². The zero-order valence-electron chi connectivity index (χ0n) is 17.8. The third-order valence-electron chi connectivity index (χ3n) is 5.31. The van der Waals surface area contributed by atoms with Gasteiger partial charge in [-0.1, -0.05) is 6.07 Å². The molecule has 2 heterocycles. The van der Waals surface area contributed by atoms with E-state index < -0.39 is 34.6 Å². The van der Waals surface area contributed by atoms with E-state index in [-0.39, 0.29) is 31.4 Å². The Morgan fingerprint density at radius 2 is 2.00 bits per heavy atom. The minimum absolute atomic E-state index is 0.0141. The molecule has 0 N–H and O–H groups in total. The molecule has 3 rings (SSSR count). The van der Waals surface area contributed by atoms with E-state index in [1.807, 2.05) is 0 Å². The molecular formula is C21H25FN4O5. The Morgan fingerprint density at radius 1 is 1.26 bits per heavy atom. The average Bonchev–Trinajstić information content (AvgIpc) is 2.76. The number of esters is 1. The number of hydrogen-bond donors (Lipinski definition) is 0. The Labute approximate surface area is 178 Å². The van der Waals surface area contributed by atoms with Crippen molar-refractivity contribution in [2.24, 2.45) is 5.92 Å². The standard InChI is InChI=1S/C21H25FN4O5/c1-4-25-19(28)17(18(27)24-10-6-7-14(12-24)20(29)31-5-2)23-26(21(25)30)15-9-8-13(3)16(22)11-15/h8-9,11,14H,4-7,10,12H2,1-3H3. The molecule has 0 spiro atoms.